The van der Waals surface area contributed by atoms with E-state index in [1.54, 1.807) is 31.2 Å². The first kappa shape index (κ1) is 27.9. The summed E-state index contributed by atoms with van der Waals surface area (Å²) in [4.78, 5) is 27.5. The molecule has 1 N–H and O–H groups in total. The van der Waals surface area contributed by atoms with Gasteiger partial charge in [0.2, 0.25) is 21.8 Å². The molecule has 2 atom stereocenters. The molecule has 2 aromatic rings. The van der Waals surface area contributed by atoms with Gasteiger partial charge in [-0.2, -0.15) is 0 Å². The smallest absolute Gasteiger partial charge is 0.244 e. The average Bonchev–Trinajstić information content (AvgIpc) is 2.77. The number of sulfonamides is 1. The summed E-state index contributed by atoms with van der Waals surface area (Å²) < 4.78 is 39.5. The van der Waals surface area contributed by atoms with Crippen LogP contribution in [0.5, 0.6) is 0 Å². The monoisotopic (exact) mass is 531 g/mol. The quantitative estimate of drug-likeness (QED) is 0.496. The first-order valence-corrected chi connectivity index (χ1v) is 13.2. The van der Waals surface area contributed by atoms with Gasteiger partial charge in [0.25, 0.3) is 0 Å². The third-order valence-electron chi connectivity index (χ3n) is 5.34. The number of carbonyl (C=O) groups is 2. The summed E-state index contributed by atoms with van der Waals surface area (Å²) >= 11 is 12.1. The van der Waals surface area contributed by atoms with Crippen molar-refractivity contribution in [3.63, 3.8) is 0 Å². The van der Waals surface area contributed by atoms with Gasteiger partial charge in [-0.3, -0.25) is 13.9 Å². The predicted octanol–water partition coefficient (Wildman–Crippen LogP) is 4.23. The molecule has 0 spiro atoms. The van der Waals surface area contributed by atoms with Crippen molar-refractivity contribution < 1.29 is 22.4 Å². The van der Waals surface area contributed by atoms with Crippen molar-refractivity contribution in [2.45, 2.75) is 45.8 Å². The Bertz CT molecular complexity index is 1150. The molecule has 2 rings (SSSR count). The maximum Gasteiger partial charge on any atom is 0.244 e. The van der Waals surface area contributed by atoms with E-state index in [1.807, 2.05) is 13.8 Å². The topological polar surface area (TPSA) is 86.8 Å². The number of nitrogens with one attached hydrogen (secondary N) is 1. The van der Waals surface area contributed by atoms with Crippen molar-refractivity contribution in [2.24, 2.45) is 0 Å². The molecular formula is C23H28Cl2FN3O4S. The lowest BCUT2D eigenvalue weighted by Crippen LogP contribution is -2.52. The van der Waals surface area contributed by atoms with Gasteiger partial charge in [-0.15, -0.1) is 0 Å². The van der Waals surface area contributed by atoms with Crippen LogP contribution in [-0.2, 0) is 26.2 Å². The number of nitrogens with zero attached hydrogens (tertiary/aromatic N) is 2. The van der Waals surface area contributed by atoms with E-state index in [0.717, 1.165) is 22.7 Å². The second-order valence-corrected chi connectivity index (χ2v) is 10.7. The molecule has 7 nitrogen and oxygen atoms in total. The maximum atomic E-state index is 13.6. The third-order valence-corrected chi connectivity index (χ3v) is 7.14. The zero-order chi connectivity index (χ0) is 25.6. The third kappa shape index (κ3) is 7.32. The molecule has 0 fully saturated rings. The van der Waals surface area contributed by atoms with Crippen LogP contribution in [0.25, 0.3) is 0 Å². The largest absolute Gasteiger partial charge is 0.352 e. The lowest BCUT2D eigenvalue weighted by Gasteiger charge is -2.32. The molecule has 0 aliphatic heterocycles. The Balaban J connectivity index is 2.42. The Labute approximate surface area is 209 Å². The van der Waals surface area contributed by atoms with Crippen molar-refractivity contribution in [2.75, 3.05) is 17.1 Å². The highest BCUT2D eigenvalue weighted by Crippen LogP contribution is 2.25. The fourth-order valence-corrected chi connectivity index (χ4v) is 4.32. The summed E-state index contributed by atoms with van der Waals surface area (Å²) in [5.41, 5.74) is 0.619. The Kier molecular flexibility index (Phi) is 9.73. The van der Waals surface area contributed by atoms with Crippen LogP contribution in [0.3, 0.4) is 0 Å². The Hall–Kier alpha value is -2.36. The SMILES string of the molecule is CCC(C)NC(=O)C(C)N(Cc1ccccc1Cl)C(=O)CN(c1ccc(F)c(Cl)c1)S(C)(=O)=O. The number of hydrogen-bond acceptors (Lipinski definition) is 4. The van der Waals surface area contributed by atoms with Gasteiger partial charge < -0.3 is 10.2 Å². The highest BCUT2D eigenvalue weighted by Gasteiger charge is 2.31. The van der Waals surface area contributed by atoms with Gasteiger partial charge in [0, 0.05) is 17.6 Å². The van der Waals surface area contributed by atoms with E-state index < -0.39 is 34.3 Å². The number of hydrogen-bond donors (Lipinski definition) is 1. The molecule has 34 heavy (non-hydrogen) atoms. The number of halogens is 3. The predicted molar refractivity (Wildman–Crippen MR) is 133 cm³/mol. The normalized spacial score (nSPS) is 13.1. The van der Waals surface area contributed by atoms with Crippen LogP contribution in [0.1, 0.15) is 32.8 Å². The zero-order valence-electron chi connectivity index (χ0n) is 19.4. The summed E-state index contributed by atoms with van der Waals surface area (Å²) in [5.74, 6) is -1.75. The van der Waals surface area contributed by atoms with E-state index in [0.29, 0.717) is 17.0 Å². The number of anilines is 1. The molecule has 0 saturated carbocycles. The average molecular weight is 532 g/mol. The molecule has 0 heterocycles. The second-order valence-electron chi connectivity index (χ2n) is 7.97. The molecule has 0 bridgehead atoms. The minimum absolute atomic E-state index is 0.0185. The molecule has 0 saturated heterocycles. The zero-order valence-corrected chi connectivity index (χ0v) is 21.7. The molecule has 2 aromatic carbocycles. The van der Waals surface area contributed by atoms with Crippen molar-refractivity contribution in [3.05, 3.63) is 63.9 Å². The van der Waals surface area contributed by atoms with Gasteiger partial charge in [-0.25, -0.2) is 12.8 Å². The fraction of sp³-hybridized carbons (Fsp3) is 0.391. The van der Waals surface area contributed by atoms with Crippen LogP contribution < -0.4 is 9.62 Å². The summed E-state index contributed by atoms with van der Waals surface area (Å²) in [7, 11) is -3.95. The standard InChI is InChI=1S/C23H28Cl2FN3O4S/c1-5-15(2)27-23(31)16(3)28(13-17-8-6-7-9-19(17)24)22(30)14-29(34(4,32)33)18-10-11-21(26)20(25)12-18/h6-12,15-16H,5,13-14H2,1-4H3,(H,27,31). The van der Waals surface area contributed by atoms with Gasteiger partial charge in [0.05, 0.1) is 17.0 Å². The molecule has 0 aromatic heterocycles. The molecule has 0 radical (unpaired) electrons. The van der Waals surface area contributed by atoms with Crippen LogP contribution in [0, 0.1) is 5.82 Å². The van der Waals surface area contributed by atoms with Crippen LogP contribution in [0.2, 0.25) is 10.0 Å². The molecule has 0 aliphatic carbocycles. The van der Waals surface area contributed by atoms with E-state index in [1.165, 1.54) is 11.0 Å². The fourth-order valence-electron chi connectivity index (χ4n) is 3.11. The van der Waals surface area contributed by atoms with Crippen molar-refractivity contribution in [1.82, 2.24) is 10.2 Å². The Morgan fingerprint density at radius 1 is 1.09 bits per heavy atom. The molecule has 0 aliphatic rings. The van der Waals surface area contributed by atoms with E-state index >= 15 is 0 Å². The van der Waals surface area contributed by atoms with Crippen LogP contribution >= 0.6 is 23.2 Å². The van der Waals surface area contributed by atoms with Crippen LogP contribution in [-0.4, -0.2) is 50.0 Å². The number of benzene rings is 2. The molecule has 2 amide bonds. The number of rotatable bonds is 10. The molecule has 11 heteroatoms. The first-order valence-electron chi connectivity index (χ1n) is 10.6. The van der Waals surface area contributed by atoms with E-state index in [4.69, 9.17) is 23.2 Å². The lowest BCUT2D eigenvalue weighted by molar-refractivity contribution is -0.139. The Morgan fingerprint density at radius 2 is 1.74 bits per heavy atom. The highest BCUT2D eigenvalue weighted by atomic mass is 35.5. The number of carbonyl (C=O) groups excluding carboxylic acids is 2. The summed E-state index contributed by atoms with van der Waals surface area (Å²) in [6.07, 6.45) is 1.62. The van der Waals surface area contributed by atoms with Gasteiger partial charge in [0.15, 0.2) is 0 Å². The molecule has 2 unspecified atom stereocenters. The van der Waals surface area contributed by atoms with Crippen molar-refractivity contribution >= 4 is 50.7 Å². The molecule has 186 valence electrons. The van der Waals surface area contributed by atoms with Gasteiger partial charge in [-0.1, -0.05) is 48.3 Å². The highest BCUT2D eigenvalue weighted by molar-refractivity contribution is 7.92. The minimum Gasteiger partial charge on any atom is -0.352 e. The summed E-state index contributed by atoms with van der Waals surface area (Å²) in [6.45, 7) is 4.68. The van der Waals surface area contributed by atoms with E-state index in [-0.39, 0.29) is 29.2 Å². The first-order chi connectivity index (χ1) is 15.8. The Morgan fingerprint density at radius 3 is 2.29 bits per heavy atom. The van der Waals surface area contributed by atoms with E-state index in [2.05, 4.69) is 5.32 Å². The maximum absolute atomic E-state index is 13.6. The van der Waals surface area contributed by atoms with Gasteiger partial charge >= 0.3 is 0 Å². The van der Waals surface area contributed by atoms with Gasteiger partial charge in [0.1, 0.15) is 18.4 Å². The lowest BCUT2D eigenvalue weighted by atomic mass is 10.1. The second kappa shape index (κ2) is 11.9. The molecular weight excluding hydrogens is 504 g/mol. The van der Waals surface area contributed by atoms with Crippen LogP contribution in [0.15, 0.2) is 42.5 Å². The number of amides is 2. The van der Waals surface area contributed by atoms with Crippen molar-refractivity contribution in [1.29, 1.82) is 0 Å². The minimum atomic E-state index is -3.95. The summed E-state index contributed by atoms with van der Waals surface area (Å²) in [5, 5.41) is 2.96. The van der Waals surface area contributed by atoms with Crippen molar-refractivity contribution in [3.8, 4) is 0 Å². The van der Waals surface area contributed by atoms with Crippen LogP contribution in [0.4, 0.5) is 10.1 Å². The van der Waals surface area contributed by atoms with Gasteiger partial charge in [-0.05, 0) is 50.1 Å². The van der Waals surface area contributed by atoms with E-state index in [9.17, 15) is 22.4 Å². The summed E-state index contributed by atoms with van der Waals surface area (Å²) in [6, 6.07) is 9.19.